The fourth-order valence-corrected chi connectivity index (χ4v) is 1.87. The molecule has 0 fully saturated rings. The zero-order valence-electron chi connectivity index (χ0n) is 11.5. The van der Waals surface area contributed by atoms with Crippen LogP contribution in [0.3, 0.4) is 0 Å². The van der Waals surface area contributed by atoms with Gasteiger partial charge in [-0.2, -0.15) is 26.6 Å². The lowest BCUT2D eigenvalue weighted by molar-refractivity contribution is -0.0501. The third kappa shape index (κ3) is 4.03. The Morgan fingerprint density at radius 3 is 2.48 bits per heavy atom. The molecule has 0 aromatic carbocycles. The minimum absolute atomic E-state index is 0.0123. The molecule has 12 heteroatoms. The van der Waals surface area contributed by atoms with E-state index in [1.165, 1.54) is 12.4 Å². The van der Waals surface area contributed by atoms with Gasteiger partial charge < -0.3 is 4.18 Å². The summed E-state index contributed by atoms with van der Waals surface area (Å²) in [5, 5.41) is 0. The van der Waals surface area contributed by atoms with Crippen molar-refractivity contribution in [2.24, 2.45) is 0 Å². The molecule has 0 radical (unpaired) electrons. The summed E-state index contributed by atoms with van der Waals surface area (Å²) in [4.78, 5) is 22.5. The molecule has 0 unspecified atom stereocenters. The average Bonchev–Trinajstić information content (AvgIpc) is 2.42. The summed E-state index contributed by atoms with van der Waals surface area (Å²) in [6, 6.07) is 2.21. The fourth-order valence-electron chi connectivity index (χ4n) is 1.45. The van der Waals surface area contributed by atoms with Gasteiger partial charge in [-0.05, 0) is 12.5 Å². The van der Waals surface area contributed by atoms with Crippen LogP contribution in [0.15, 0.2) is 29.5 Å². The third-order valence-electron chi connectivity index (χ3n) is 2.52. The number of pyridine rings is 1. The molecule has 0 spiro atoms. The van der Waals surface area contributed by atoms with E-state index < -0.39 is 27.2 Å². The van der Waals surface area contributed by atoms with Crippen molar-refractivity contribution in [1.29, 1.82) is 0 Å². The standard InChI is InChI=1S/C11H9F3N4O4S/c1-7-16-6-18(10(19)17-7)5-8-2-3-9(15-4-8)22-23(20,21)11(12,13)14/h2-4,6H,5H2,1H3. The lowest BCUT2D eigenvalue weighted by atomic mass is 10.3. The zero-order chi connectivity index (χ0) is 17.3. The van der Waals surface area contributed by atoms with Gasteiger partial charge in [0.25, 0.3) is 0 Å². The summed E-state index contributed by atoms with van der Waals surface area (Å²) >= 11 is 0. The highest BCUT2D eigenvalue weighted by molar-refractivity contribution is 7.87. The minimum Gasteiger partial charge on any atom is -0.355 e. The van der Waals surface area contributed by atoms with Gasteiger partial charge in [0.15, 0.2) is 0 Å². The van der Waals surface area contributed by atoms with E-state index >= 15 is 0 Å². The molecular weight excluding hydrogens is 341 g/mol. The minimum atomic E-state index is -5.77. The van der Waals surface area contributed by atoms with Crippen LogP contribution in [0.2, 0.25) is 0 Å². The van der Waals surface area contributed by atoms with Gasteiger partial charge in [0.1, 0.15) is 12.2 Å². The molecule has 0 bridgehead atoms. The van der Waals surface area contributed by atoms with Crippen LogP contribution in [-0.4, -0.2) is 33.4 Å². The molecule has 2 heterocycles. The first-order valence-corrected chi connectivity index (χ1v) is 7.35. The monoisotopic (exact) mass is 350 g/mol. The Balaban J connectivity index is 2.16. The largest absolute Gasteiger partial charge is 0.534 e. The molecule has 0 atom stereocenters. The van der Waals surface area contributed by atoms with Crippen LogP contribution in [0.4, 0.5) is 13.2 Å². The summed E-state index contributed by atoms with van der Waals surface area (Å²) in [5.41, 5.74) is -5.69. The van der Waals surface area contributed by atoms with Gasteiger partial charge in [-0.15, -0.1) is 0 Å². The second-order valence-corrected chi connectivity index (χ2v) is 5.84. The van der Waals surface area contributed by atoms with Crippen LogP contribution < -0.4 is 9.87 Å². The lowest BCUT2D eigenvalue weighted by Crippen LogP contribution is -2.28. The summed E-state index contributed by atoms with van der Waals surface area (Å²) < 4.78 is 63.2. The first-order valence-electron chi connectivity index (χ1n) is 5.94. The molecular formula is C11H9F3N4O4S. The van der Waals surface area contributed by atoms with Crippen LogP contribution in [-0.2, 0) is 16.7 Å². The van der Waals surface area contributed by atoms with Gasteiger partial charge in [-0.1, -0.05) is 6.07 Å². The van der Waals surface area contributed by atoms with Crippen LogP contribution >= 0.6 is 0 Å². The molecule has 0 aliphatic rings. The Morgan fingerprint density at radius 2 is 1.96 bits per heavy atom. The lowest BCUT2D eigenvalue weighted by Gasteiger charge is -2.09. The quantitative estimate of drug-likeness (QED) is 0.588. The molecule has 0 N–H and O–H groups in total. The highest BCUT2D eigenvalue weighted by atomic mass is 32.2. The maximum absolute atomic E-state index is 12.2. The molecule has 23 heavy (non-hydrogen) atoms. The van der Waals surface area contributed by atoms with E-state index in [-0.39, 0.29) is 6.54 Å². The van der Waals surface area contributed by atoms with Crippen molar-refractivity contribution in [3.8, 4) is 5.88 Å². The molecule has 2 aromatic rings. The number of aryl methyl sites for hydroxylation is 1. The number of hydrogen-bond acceptors (Lipinski definition) is 7. The number of alkyl halides is 3. The van der Waals surface area contributed by atoms with E-state index in [4.69, 9.17) is 0 Å². The van der Waals surface area contributed by atoms with Crippen molar-refractivity contribution >= 4 is 10.1 Å². The maximum Gasteiger partial charge on any atom is 0.534 e. The molecule has 0 saturated carbocycles. The SMILES string of the molecule is Cc1ncn(Cc2ccc(OS(=O)(=O)C(F)(F)F)nc2)c(=O)n1. The smallest absolute Gasteiger partial charge is 0.355 e. The first-order chi connectivity index (χ1) is 10.6. The topological polar surface area (TPSA) is 104 Å². The highest BCUT2D eigenvalue weighted by Gasteiger charge is 2.48. The Kier molecular flexibility index (Phi) is 4.36. The van der Waals surface area contributed by atoms with Crippen molar-refractivity contribution in [2.45, 2.75) is 19.0 Å². The van der Waals surface area contributed by atoms with Gasteiger partial charge >= 0.3 is 21.3 Å². The molecule has 124 valence electrons. The summed E-state index contributed by atoms with van der Waals surface area (Å²) in [6.45, 7) is 1.55. The second-order valence-electron chi connectivity index (χ2n) is 4.30. The van der Waals surface area contributed by atoms with Crippen molar-refractivity contribution in [2.75, 3.05) is 0 Å². The van der Waals surface area contributed by atoms with Gasteiger partial charge in [0.2, 0.25) is 5.88 Å². The van der Waals surface area contributed by atoms with Crippen molar-refractivity contribution in [3.63, 3.8) is 0 Å². The van der Waals surface area contributed by atoms with Gasteiger partial charge in [0.05, 0.1) is 6.54 Å². The van der Waals surface area contributed by atoms with Crippen molar-refractivity contribution < 1.29 is 25.8 Å². The van der Waals surface area contributed by atoms with E-state index in [0.717, 1.165) is 16.8 Å². The van der Waals surface area contributed by atoms with E-state index in [9.17, 15) is 26.4 Å². The summed E-state index contributed by atoms with van der Waals surface area (Å²) in [6.07, 6.45) is 2.33. The predicted octanol–water partition coefficient (Wildman–Crippen LogP) is 0.618. The molecule has 8 nitrogen and oxygen atoms in total. The van der Waals surface area contributed by atoms with Crippen LogP contribution in [0.5, 0.6) is 5.88 Å². The third-order valence-corrected chi connectivity index (χ3v) is 3.47. The normalized spacial score (nSPS) is 12.2. The Morgan fingerprint density at radius 1 is 1.26 bits per heavy atom. The zero-order valence-corrected chi connectivity index (χ0v) is 12.3. The summed E-state index contributed by atoms with van der Waals surface area (Å²) in [5.74, 6) is -0.441. The van der Waals surface area contributed by atoms with Crippen LogP contribution in [0.25, 0.3) is 0 Å². The van der Waals surface area contributed by atoms with Crippen LogP contribution in [0.1, 0.15) is 11.4 Å². The molecule has 2 aromatic heterocycles. The van der Waals surface area contributed by atoms with E-state index in [1.807, 2.05) is 0 Å². The predicted molar refractivity (Wildman–Crippen MR) is 70.0 cm³/mol. The number of nitrogens with zero attached hydrogens (tertiary/aromatic N) is 4. The average molecular weight is 350 g/mol. The van der Waals surface area contributed by atoms with Crippen LogP contribution in [0, 0.1) is 6.92 Å². The number of hydrogen-bond donors (Lipinski definition) is 0. The van der Waals surface area contributed by atoms with E-state index in [1.54, 1.807) is 6.92 Å². The van der Waals surface area contributed by atoms with Gasteiger partial charge in [-0.3, -0.25) is 4.57 Å². The molecule has 2 rings (SSSR count). The van der Waals surface area contributed by atoms with Crippen molar-refractivity contribution in [3.05, 3.63) is 46.5 Å². The Bertz CT molecular complexity index is 862. The van der Waals surface area contributed by atoms with Gasteiger partial charge in [0, 0.05) is 12.3 Å². The molecule has 0 aliphatic carbocycles. The van der Waals surface area contributed by atoms with Gasteiger partial charge in [-0.25, -0.2) is 14.8 Å². The van der Waals surface area contributed by atoms with E-state index in [0.29, 0.717) is 11.4 Å². The summed E-state index contributed by atoms with van der Waals surface area (Å²) in [7, 11) is -5.77. The number of rotatable bonds is 4. The maximum atomic E-state index is 12.2. The highest BCUT2D eigenvalue weighted by Crippen LogP contribution is 2.25. The molecule has 0 saturated heterocycles. The number of aromatic nitrogens is 4. The molecule has 0 amide bonds. The second kappa shape index (κ2) is 5.95. The number of halogens is 3. The Labute approximate surface area is 127 Å². The Hall–Kier alpha value is -2.50. The van der Waals surface area contributed by atoms with E-state index in [2.05, 4.69) is 19.1 Å². The molecule has 0 aliphatic heterocycles. The fraction of sp³-hybridized carbons (Fsp3) is 0.273. The first kappa shape index (κ1) is 16.9. The van der Waals surface area contributed by atoms with Crippen molar-refractivity contribution in [1.82, 2.24) is 19.5 Å².